The van der Waals surface area contributed by atoms with Crippen LogP contribution in [0.2, 0.25) is 0 Å². The van der Waals surface area contributed by atoms with Gasteiger partial charge in [-0.05, 0) is 38.5 Å². The van der Waals surface area contributed by atoms with Gasteiger partial charge in [-0.2, -0.15) is 0 Å². The van der Waals surface area contributed by atoms with Crippen molar-refractivity contribution >= 4 is 34.1 Å². The van der Waals surface area contributed by atoms with E-state index in [4.69, 9.17) is 14.9 Å². The van der Waals surface area contributed by atoms with E-state index >= 15 is 0 Å². The van der Waals surface area contributed by atoms with Crippen LogP contribution < -0.4 is 16.4 Å². The summed E-state index contributed by atoms with van der Waals surface area (Å²) in [5.41, 5.74) is 5.89. The lowest BCUT2D eigenvalue weighted by molar-refractivity contribution is -0.115. The average molecular weight is 379 g/mol. The molecule has 0 saturated carbocycles. The Kier molecular flexibility index (Phi) is 6.53. The van der Waals surface area contributed by atoms with Crippen molar-refractivity contribution in [1.82, 2.24) is 5.32 Å². The fourth-order valence-electron chi connectivity index (χ4n) is 2.34. The van der Waals surface area contributed by atoms with E-state index in [0.717, 1.165) is 11.3 Å². The van der Waals surface area contributed by atoms with Crippen LogP contribution >= 0.6 is 11.3 Å². The number of furan rings is 1. The second kappa shape index (κ2) is 8.63. The van der Waals surface area contributed by atoms with Crippen LogP contribution in [0.1, 0.15) is 51.2 Å². The highest BCUT2D eigenvalue weighted by atomic mass is 32.1. The van der Waals surface area contributed by atoms with Crippen LogP contribution in [0.5, 0.6) is 0 Å². The summed E-state index contributed by atoms with van der Waals surface area (Å²) in [4.78, 5) is 36.2. The first kappa shape index (κ1) is 19.7. The van der Waals surface area contributed by atoms with Crippen molar-refractivity contribution in [3.05, 3.63) is 40.2 Å². The number of anilines is 1. The Labute approximate surface area is 154 Å². The van der Waals surface area contributed by atoms with Crippen LogP contribution in [0.15, 0.2) is 22.8 Å². The number of esters is 1. The maximum atomic E-state index is 12.2. The lowest BCUT2D eigenvalue weighted by Gasteiger charge is -2.11. The molecule has 2 aromatic heterocycles. The van der Waals surface area contributed by atoms with Crippen LogP contribution in [0.4, 0.5) is 5.00 Å². The molecule has 1 atom stereocenters. The number of carbonyl (C=O) groups excluding carboxylic acids is 3. The van der Waals surface area contributed by atoms with Gasteiger partial charge in [-0.1, -0.05) is 0 Å². The van der Waals surface area contributed by atoms with Gasteiger partial charge in [0.15, 0.2) is 0 Å². The molecular weight excluding hydrogens is 358 g/mol. The van der Waals surface area contributed by atoms with Gasteiger partial charge in [-0.25, -0.2) is 4.79 Å². The highest BCUT2D eigenvalue weighted by Crippen LogP contribution is 2.33. The molecule has 0 saturated heterocycles. The number of carbonyl (C=O) groups is 3. The molecule has 0 fully saturated rings. The zero-order chi connectivity index (χ0) is 19.3. The van der Waals surface area contributed by atoms with Gasteiger partial charge < -0.3 is 20.2 Å². The van der Waals surface area contributed by atoms with Gasteiger partial charge in [0.2, 0.25) is 5.91 Å². The largest absolute Gasteiger partial charge is 0.468 e. The summed E-state index contributed by atoms with van der Waals surface area (Å²) in [5, 5.41) is 5.90. The molecule has 140 valence electrons. The Morgan fingerprint density at radius 1 is 1.38 bits per heavy atom. The summed E-state index contributed by atoms with van der Waals surface area (Å²) in [6, 6.07) is 3.40. The third kappa shape index (κ3) is 4.50. The molecule has 2 amide bonds. The van der Waals surface area contributed by atoms with Gasteiger partial charge in [0.05, 0.1) is 35.9 Å². The molecule has 0 aliphatic carbocycles. The first-order valence-electron chi connectivity index (χ1n) is 8.02. The molecule has 0 aliphatic heterocycles. The van der Waals surface area contributed by atoms with Crippen molar-refractivity contribution in [1.29, 1.82) is 0 Å². The molecular formula is C17H21N3O5S. The molecule has 9 heteroatoms. The normalized spacial score (nSPS) is 11.8. The van der Waals surface area contributed by atoms with Crippen molar-refractivity contribution in [3.63, 3.8) is 0 Å². The number of hydrogen-bond donors (Lipinski definition) is 3. The molecule has 4 N–H and O–H groups in total. The predicted octanol–water partition coefficient (Wildman–Crippen LogP) is 2.21. The minimum absolute atomic E-state index is 0.00696. The Hall–Kier alpha value is -2.65. The number of primary amides is 1. The third-order valence-corrected chi connectivity index (χ3v) is 4.86. The summed E-state index contributed by atoms with van der Waals surface area (Å²) >= 11 is 0.955. The highest BCUT2D eigenvalue weighted by Gasteiger charge is 2.25. The Bertz CT molecular complexity index is 798. The topological polar surface area (TPSA) is 124 Å². The quantitative estimate of drug-likeness (QED) is 0.604. The maximum absolute atomic E-state index is 12.2. The van der Waals surface area contributed by atoms with Gasteiger partial charge >= 0.3 is 5.97 Å². The number of thiophene rings is 1. The molecule has 8 nitrogen and oxygen atoms in total. The van der Waals surface area contributed by atoms with E-state index in [9.17, 15) is 14.4 Å². The summed E-state index contributed by atoms with van der Waals surface area (Å²) in [6.07, 6.45) is 1.55. The zero-order valence-corrected chi connectivity index (χ0v) is 15.6. The van der Waals surface area contributed by atoms with Crippen molar-refractivity contribution in [2.45, 2.75) is 26.8 Å². The summed E-state index contributed by atoms with van der Waals surface area (Å²) in [6.45, 7) is 5.29. The van der Waals surface area contributed by atoms with Crippen molar-refractivity contribution in [2.75, 3.05) is 18.5 Å². The van der Waals surface area contributed by atoms with E-state index in [-0.39, 0.29) is 40.5 Å². The lowest BCUT2D eigenvalue weighted by Crippen LogP contribution is -2.30. The van der Waals surface area contributed by atoms with Crippen molar-refractivity contribution in [3.8, 4) is 0 Å². The number of amides is 2. The monoisotopic (exact) mass is 379 g/mol. The van der Waals surface area contributed by atoms with Gasteiger partial charge in [-0.3, -0.25) is 14.9 Å². The molecule has 0 bridgehead atoms. The number of rotatable bonds is 8. The number of ether oxygens (including phenoxy) is 1. The molecule has 2 rings (SSSR count). The minimum Gasteiger partial charge on any atom is -0.468 e. The summed E-state index contributed by atoms with van der Waals surface area (Å²) in [5.74, 6) is -0.941. The SMILES string of the molecule is CCOC(=O)c1c(NC(=O)CN[C@H](C)c2ccco2)sc(C(N)=O)c1C. The van der Waals surface area contributed by atoms with Gasteiger partial charge in [0, 0.05) is 0 Å². The number of nitrogens with two attached hydrogens (primary N) is 1. The zero-order valence-electron chi connectivity index (χ0n) is 14.8. The molecule has 2 heterocycles. The van der Waals surface area contributed by atoms with E-state index < -0.39 is 11.9 Å². The van der Waals surface area contributed by atoms with E-state index in [1.54, 1.807) is 32.2 Å². The molecule has 0 spiro atoms. The standard InChI is InChI=1S/C17H21N3O5S/c1-4-24-17(23)13-9(2)14(15(18)22)26-16(13)20-12(21)8-19-10(3)11-6-5-7-25-11/h5-7,10,19H,4,8H2,1-3H3,(H2,18,22)(H,20,21)/t10-/m1/s1. The van der Waals surface area contributed by atoms with Gasteiger partial charge in [0.1, 0.15) is 10.8 Å². The molecule has 0 aliphatic rings. The second-order valence-corrected chi connectivity index (χ2v) is 6.53. The molecule has 0 aromatic carbocycles. The lowest BCUT2D eigenvalue weighted by atomic mass is 10.1. The van der Waals surface area contributed by atoms with E-state index in [1.807, 2.05) is 6.92 Å². The number of hydrogen-bond acceptors (Lipinski definition) is 7. The summed E-state index contributed by atoms with van der Waals surface area (Å²) < 4.78 is 10.3. The van der Waals surface area contributed by atoms with Crippen LogP contribution in [0, 0.1) is 6.92 Å². The minimum atomic E-state index is -0.664. The first-order valence-corrected chi connectivity index (χ1v) is 8.83. The highest BCUT2D eigenvalue weighted by molar-refractivity contribution is 7.18. The first-order chi connectivity index (χ1) is 12.3. The van der Waals surface area contributed by atoms with Crippen LogP contribution in [-0.4, -0.2) is 30.9 Å². The van der Waals surface area contributed by atoms with E-state index in [0.29, 0.717) is 11.3 Å². The fraction of sp³-hybridized carbons (Fsp3) is 0.353. The van der Waals surface area contributed by atoms with E-state index in [1.165, 1.54) is 0 Å². The Morgan fingerprint density at radius 2 is 2.12 bits per heavy atom. The van der Waals surface area contributed by atoms with Crippen LogP contribution in [-0.2, 0) is 9.53 Å². The van der Waals surface area contributed by atoms with Crippen molar-refractivity contribution in [2.24, 2.45) is 5.73 Å². The van der Waals surface area contributed by atoms with Gasteiger partial charge in [-0.15, -0.1) is 11.3 Å². The average Bonchev–Trinajstić information content (AvgIpc) is 3.21. The number of nitrogens with one attached hydrogen (secondary N) is 2. The van der Waals surface area contributed by atoms with Crippen LogP contribution in [0.3, 0.4) is 0 Å². The molecule has 0 radical (unpaired) electrons. The maximum Gasteiger partial charge on any atom is 0.341 e. The Morgan fingerprint density at radius 3 is 2.69 bits per heavy atom. The summed E-state index contributed by atoms with van der Waals surface area (Å²) in [7, 11) is 0. The predicted molar refractivity (Wildman–Crippen MR) is 97.3 cm³/mol. The fourth-order valence-corrected chi connectivity index (χ4v) is 3.40. The third-order valence-electron chi connectivity index (χ3n) is 3.64. The van der Waals surface area contributed by atoms with Gasteiger partial charge in [0.25, 0.3) is 5.91 Å². The molecule has 2 aromatic rings. The van der Waals surface area contributed by atoms with Crippen molar-refractivity contribution < 1.29 is 23.5 Å². The Balaban J connectivity index is 2.11. The van der Waals surface area contributed by atoms with E-state index in [2.05, 4.69) is 10.6 Å². The molecule has 26 heavy (non-hydrogen) atoms. The van der Waals surface area contributed by atoms with Crippen LogP contribution in [0.25, 0.3) is 0 Å². The second-order valence-electron chi connectivity index (χ2n) is 5.51. The molecule has 0 unspecified atom stereocenters. The smallest absolute Gasteiger partial charge is 0.341 e.